The summed E-state index contributed by atoms with van der Waals surface area (Å²) in [5.74, 6) is 0. The Labute approximate surface area is 230 Å². The maximum Gasteiger partial charge on any atom is 0.0635 e. The van der Waals surface area contributed by atoms with Crippen molar-refractivity contribution >= 4 is 59.9 Å². The van der Waals surface area contributed by atoms with Crippen LogP contribution in [0.5, 0.6) is 0 Å². The molecule has 0 spiro atoms. The van der Waals surface area contributed by atoms with Crippen molar-refractivity contribution in [1.82, 2.24) is 14.0 Å². The summed E-state index contributed by atoms with van der Waals surface area (Å²) < 4.78 is 4.89. The third kappa shape index (κ3) is 2.86. The number of pyridine rings is 2. The zero-order valence-corrected chi connectivity index (χ0v) is 21.6. The van der Waals surface area contributed by atoms with Gasteiger partial charge in [0.25, 0.3) is 0 Å². The van der Waals surface area contributed by atoms with E-state index in [1.807, 2.05) is 12.4 Å². The summed E-state index contributed by atoms with van der Waals surface area (Å²) in [6.07, 6.45) is 3.71. The van der Waals surface area contributed by atoms with E-state index in [2.05, 4.69) is 141 Å². The van der Waals surface area contributed by atoms with Crippen LogP contribution in [0.15, 0.2) is 140 Å². The van der Waals surface area contributed by atoms with Gasteiger partial charge in [-0.25, -0.2) is 0 Å². The topological polar surface area (TPSA) is 22.2 Å². The molecule has 9 rings (SSSR count). The number of nitrogens with zero attached hydrogens (tertiary/aromatic N) is 3. The lowest BCUT2D eigenvalue weighted by molar-refractivity contribution is 1.19. The zero-order valence-electron chi connectivity index (χ0n) is 21.6. The molecule has 0 saturated heterocycles. The summed E-state index contributed by atoms with van der Waals surface area (Å²) in [5, 5.41) is 7.61. The third-order valence-electron chi connectivity index (χ3n) is 8.37. The molecule has 3 nitrogen and oxygen atoms in total. The van der Waals surface area contributed by atoms with Gasteiger partial charge in [0, 0.05) is 45.0 Å². The molecule has 0 unspecified atom stereocenters. The van der Waals surface area contributed by atoms with Crippen molar-refractivity contribution in [2.24, 2.45) is 0 Å². The Kier molecular flexibility index (Phi) is 4.33. The standard InChI is InChI=1S/C37H23N3/c1-2-12-29-27(10-1)28-11-3-6-15-34(28)40-35-17-16-31-30-13-4-5-14-33(30)39(37(31)32(35)23-36(29)40)26-9-7-8-25(22-26)24-18-20-38-21-19-24/h1-23H. The first kappa shape index (κ1) is 21.5. The summed E-state index contributed by atoms with van der Waals surface area (Å²) in [5.41, 5.74) is 9.63. The van der Waals surface area contributed by atoms with Gasteiger partial charge in [-0.3, -0.25) is 4.98 Å². The number of rotatable bonds is 2. The fourth-order valence-electron chi connectivity index (χ4n) is 6.67. The van der Waals surface area contributed by atoms with Gasteiger partial charge in [-0.1, -0.05) is 78.9 Å². The second kappa shape index (κ2) is 8.05. The summed E-state index contributed by atoms with van der Waals surface area (Å²) in [6, 6.07) is 46.3. The number of fused-ring (bicyclic) bond motifs is 12. The zero-order chi connectivity index (χ0) is 26.2. The van der Waals surface area contributed by atoms with E-state index < -0.39 is 0 Å². The molecular weight excluding hydrogens is 486 g/mol. The van der Waals surface area contributed by atoms with Gasteiger partial charge in [0.05, 0.1) is 27.6 Å². The van der Waals surface area contributed by atoms with Crippen molar-refractivity contribution in [2.75, 3.05) is 0 Å². The Morgan fingerprint density at radius 1 is 0.400 bits per heavy atom. The van der Waals surface area contributed by atoms with Crippen LogP contribution in [0, 0.1) is 0 Å². The Bertz CT molecular complexity index is 2430. The molecule has 0 radical (unpaired) electrons. The maximum absolute atomic E-state index is 4.22. The average molecular weight is 510 g/mol. The second-order valence-corrected chi connectivity index (χ2v) is 10.5. The smallest absolute Gasteiger partial charge is 0.0635 e. The molecule has 0 amide bonds. The molecule has 5 aromatic carbocycles. The van der Waals surface area contributed by atoms with E-state index in [1.165, 1.54) is 65.5 Å². The van der Waals surface area contributed by atoms with Gasteiger partial charge in [0.2, 0.25) is 0 Å². The highest BCUT2D eigenvalue weighted by atomic mass is 15.0. The maximum atomic E-state index is 4.22. The summed E-state index contributed by atoms with van der Waals surface area (Å²) >= 11 is 0. The first-order valence-corrected chi connectivity index (χ1v) is 13.6. The van der Waals surface area contributed by atoms with E-state index in [4.69, 9.17) is 0 Å². The largest absolute Gasteiger partial charge is 0.309 e. The fraction of sp³-hybridized carbons (Fsp3) is 0. The molecular formula is C37H23N3. The molecule has 0 N–H and O–H groups in total. The Balaban J connectivity index is 1.48. The molecule has 0 saturated carbocycles. The van der Waals surface area contributed by atoms with Crippen molar-refractivity contribution in [3.63, 3.8) is 0 Å². The van der Waals surface area contributed by atoms with Gasteiger partial charge in [-0.15, -0.1) is 0 Å². The van der Waals surface area contributed by atoms with Crippen molar-refractivity contribution in [2.45, 2.75) is 0 Å². The monoisotopic (exact) mass is 509 g/mol. The molecule has 3 heteroatoms. The van der Waals surface area contributed by atoms with E-state index in [-0.39, 0.29) is 0 Å². The average Bonchev–Trinajstić information content (AvgIpc) is 3.59. The molecule has 0 aliphatic heterocycles. The van der Waals surface area contributed by atoms with Crippen LogP contribution < -0.4 is 0 Å². The normalized spacial score (nSPS) is 12.0. The minimum atomic E-state index is 1.15. The van der Waals surface area contributed by atoms with Crippen molar-refractivity contribution in [3.05, 3.63) is 140 Å². The van der Waals surface area contributed by atoms with Gasteiger partial charge >= 0.3 is 0 Å². The van der Waals surface area contributed by atoms with E-state index in [0.717, 1.165) is 11.3 Å². The lowest BCUT2D eigenvalue weighted by Gasteiger charge is -2.11. The van der Waals surface area contributed by atoms with Gasteiger partial charge in [0.1, 0.15) is 0 Å². The predicted octanol–water partition coefficient (Wildman–Crippen LogP) is 9.56. The van der Waals surface area contributed by atoms with Crippen molar-refractivity contribution < 1.29 is 0 Å². The van der Waals surface area contributed by atoms with Crippen LogP contribution in [-0.4, -0.2) is 14.0 Å². The summed E-state index contributed by atoms with van der Waals surface area (Å²) in [7, 11) is 0. The van der Waals surface area contributed by atoms with Crippen LogP contribution in [0.4, 0.5) is 0 Å². The molecule has 186 valence electrons. The second-order valence-electron chi connectivity index (χ2n) is 10.5. The molecule has 0 bridgehead atoms. The molecule has 4 heterocycles. The highest BCUT2D eigenvalue weighted by Crippen LogP contribution is 2.41. The molecule has 9 aromatic rings. The number of aromatic nitrogens is 3. The molecule has 0 fully saturated rings. The molecule has 0 aliphatic rings. The minimum Gasteiger partial charge on any atom is -0.309 e. The summed E-state index contributed by atoms with van der Waals surface area (Å²) in [4.78, 5) is 4.22. The van der Waals surface area contributed by atoms with Crippen LogP contribution in [0.1, 0.15) is 0 Å². The van der Waals surface area contributed by atoms with Gasteiger partial charge in [0.15, 0.2) is 0 Å². The Morgan fingerprint density at radius 2 is 1.05 bits per heavy atom. The molecule has 4 aromatic heterocycles. The Morgan fingerprint density at radius 3 is 1.85 bits per heavy atom. The lowest BCUT2D eigenvalue weighted by atomic mass is 10.1. The van der Waals surface area contributed by atoms with E-state index >= 15 is 0 Å². The minimum absolute atomic E-state index is 1.15. The Hall–Kier alpha value is -5.41. The van der Waals surface area contributed by atoms with Crippen LogP contribution >= 0.6 is 0 Å². The molecule has 0 atom stereocenters. The lowest BCUT2D eigenvalue weighted by Crippen LogP contribution is -1.95. The fourth-order valence-corrected chi connectivity index (χ4v) is 6.67. The number of para-hydroxylation sites is 2. The van der Waals surface area contributed by atoms with E-state index in [1.54, 1.807) is 0 Å². The molecule has 40 heavy (non-hydrogen) atoms. The predicted molar refractivity (Wildman–Crippen MR) is 167 cm³/mol. The number of hydrogen-bond acceptors (Lipinski definition) is 1. The SMILES string of the molecule is c1cc(-c2ccncc2)cc(-n2c3ccccc3c3ccc4c(cc5c6ccccc6c6ccccc6n54)c32)c1. The van der Waals surface area contributed by atoms with Gasteiger partial charge < -0.3 is 8.97 Å². The first-order valence-electron chi connectivity index (χ1n) is 13.6. The number of benzene rings is 5. The molecule has 0 aliphatic carbocycles. The van der Waals surface area contributed by atoms with Crippen LogP contribution in [0.2, 0.25) is 0 Å². The van der Waals surface area contributed by atoms with Crippen LogP contribution in [0.3, 0.4) is 0 Å². The van der Waals surface area contributed by atoms with E-state index in [9.17, 15) is 0 Å². The third-order valence-corrected chi connectivity index (χ3v) is 8.37. The summed E-state index contributed by atoms with van der Waals surface area (Å²) in [6.45, 7) is 0. The first-order chi connectivity index (χ1) is 19.9. The van der Waals surface area contributed by atoms with E-state index in [0.29, 0.717) is 0 Å². The van der Waals surface area contributed by atoms with Gasteiger partial charge in [-0.05, 0) is 65.0 Å². The number of hydrogen-bond donors (Lipinski definition) is 0. The quantitative estimate of drug-likeness (QED) is 0.213. The van der Waals surface area contributed by atoms with Gasteiger partial charge in [-0.2, -0.15) is 0 Å². The van der Waals surface area contributed by atoms with Crippen molar-refractivity contribution in [3.8, 4) is 16.8 Å². The highest BCUT2D eigenvalue weighted by molar-refractivity contribution is 6.22. The van der Waals surface area contributed by atoms with Crippen LogP contribution in [-0.2, 0) is 0 Å². The highest BCUT2D eigenvalue weighted by Gasteiger charge is 2.19. The van der Waals surface area contributed by atoms with Crippen LogP contribution in [0.25, 0.3) is 76.7 Å². The van der Waals surface area contributed by atoms with Crippen molar-refractivity contribution in [1.29, 1.82) is 0 Å².